The Morgan fingerprint density at radius 1 is 1.04 bits per heavy atom. The van der Waals surface area contributed by atoms with E-state index in [2.05, 4.69) is 24.1 Å². The number of nitrogens with one attached hydrogen (secondary N) is 1. The molecule has 0 radical (unpaired) electrons. The maximum absolute atomic E-state index is 12.5. The lowest BCUT2D eigenvalue weighted by atomic mass is 10.0. The van der Waals surface area contributed by atoms with E-state index in [9.17, 15) is 4.79 Å². The van der Waals surface area contributed by atoms with E-state index < -0.39 is 0 Å². The zero-order valence-corrected chi connectivity index (χ0v) is 14.3. The van der Waals surface area contributed by atoms with Crippen LogP contribution in [0.3, 0.4) is 0 Å². The van der Waals surface area contributed by atoms with Crippen LogP contribution in [0.1, 0.15) is 35.5 Å². The van der Waals surface area contributed by atoms with Crippen LogP contribution < -0.4 is 5.32 Å². The minimum absolute atomic E-state index is 0.109. The minimum Gasteiger partial charge on any atom is -0.320 e. The van der Waals surface area contributed by atoms with Crippen LogP contribution in [0.15, 0.2) is 54.6 Å². The number of carbonyl (C=O) groups excluding carboxylic acids is 1. The topological polar surface area (TPSA) is 42.0 Å². The Labute approximate surface area is 142 Å². The zero-order valence-electron chi connectivity index (χ0n) is 14.3. The quantitative estimate of drug-likeness (QED) is 0.736. The third-order valence-electron chi connectivity index (χ3n) is 3.97. The summed E-state index contributed by atoms with van der Waals surface area (Å²) in [5, 5.41) is 4.01. The summed E-state index contributed by atoms with van der Waals surface area (Å²) in [4.78, 5) is 17.1. The molecule has 0 saturated carbocycles. The lowest BCUT2D eigenvalue weighted by molar-refractivity contribution is 0.102. The number of aromatic nitrogens is 1. The predicted molar refractivity (Wildman–Crippen MR) is 99.4 cm³/mol. The fraction of sp³-hybridized carbons (Fsp3) is 0.238. The number of hydrogen-bond donors (Lipinski definition) is 1. The molecule has 3 heteroatoms. The van der Waals surface area contributed by atoms with Crippen LogP contribution in [-0.2, 0) is 6.42 Å². The molecule has 1 N–H and O–H groups in total. The number of para-hydroxylation sites is 1. The number of fused-ring (bicyclic) bond motifs is 1. The van der Waals surface area contributed by atoms with Crippen LogP contribution in [0.2, 0.25) is 0 Å². The van der Waals surface area contributed by atoms with E-state index in [1.54, 1.807) is 0 Å². The molecule has 0 unspecified atom stereocenters. The molecule has 2 aromatic carbocycles. The number of hydrogen-bond acceptors (Lipinski definition) is 2. The van der Waals surface area contributed by atoms with Crippen molar-refractivity contribution in [3.05, 3.63) is 71.4 Å². The standard InChI is InChI=1S/C21H22N2O/c1-14(2)13-16-8-11-18(12-9-16)21(24)23-19-6-4-5-17-10-7-15(3)22-20(17)19/h4-12,14H,13H2,1-3H3,(H,23,24). The Balaban J connectivity index is 1.83. The molecule has 3 nitrogen and oxygen atoms in total. The first kappa shape index (κ1) is 16.2. The monoisotopic (exact) mass is 318 g/mol. The summed E-state index contributed by atoms with van der Waals surface area (Å²) < 4.78 is 0. The van der Waals surface area contributed by atoms with E-state index in [0.717, 1.165) is 28.7 Å². The number of rotatable bonds is 4. The minimum atomic E-state index is -0.109. The molecule has 0 aliphatic heterocycles. The van der Waals surface area contributed by atoms with E-state index in [0.29, 0.717) is 11.5 Å². The van der Waals surface area contributed by atoms with Crippen LogP contribution in [0.25, 0.3) is 10.9 Å². The highest BCUT2D eigenvalue weighted by Gasteiger charge is 2.09. The lowest BCUT2D eigenvalue weighted by Gasteiger charge is -2.10. The van der Waals surface area contributed by atoms with Crippen molar-refractivity contribution in [2.75, 3.05) is 5.32 Å². The van der Waals surface area contributed by atoms with E-state index >= 15 is 0 Å². The molecule has 24 heavy (non-hydrogen) atoms. The van der Waals surface area contributed by atoms with Crippen molar-refractivity contribution in [2.24, 2.45) is 5.92 Å². The van der Waals surface area contributed by atoms with Gasteiger partial charge < -0.3 is 5.32 Å². The van der Waals surface area contributed by atoms with Crippen LogP contribution in [0.5, 0.6) is 0 Å². The second-order valence-corrected chi connectivity index (χ2v) is 6.58. The van der Waals surface area contributed by atoms with E-state index in [1.807, 2.05) is 61.5 Å². The van der Waals surface area contributed by atoms with Crippen LogP contribution >= 0.6 is 0 Å². The molecule has 0 saturated heterocycles. The molecule has 0 spiro atoms. The summed E-state index contributed by atoms with van der Waals surface area (Å²) in [5.74, 6) is 0.497. The molecular formula is C21H22N2O. The first-order chi connectivity index (χ1) is 11.5. The van der Waals surface area contributed by atoms with Gasteiger partial charge in [-0.15, -0.1) is 0 Å². The first-order valence-corrected chi connectivity index (χ1v) is 8.29. The molecule has 0 bridgehead atoms. The van der Waals surface area contributed by atoms with Gasteiger partial charge >= 0.3 is 0 Å². The fourth-order valence-electron chi connectivity index (χ4n) is 2.80. The van der Waals surface area contributed by atoms with Gasteiger partial charge in [0, 0.05) is 16.6 Å². The number of amides is 1. The Morgan fingerprint density at radius 3 is 2.50 bits per heavy atom. The molecule has 1 aromatic heterocycles. The normalized spacial score (nSPS) is 11.0. The highest BCUT2D eigenvalue weighted by molar-refractivity contribution is 6.08. The molecule has 122 valence electrons. The van der Waals surface area contributed by atoms with Crippen molar-refractivity contribution in [3.8, 4) is 0 Å². The zero-order chi connectivity index (χ0) is 17.1. The predicted octanol–water partition coefficient (Wildman–Crippen LogP) is 4.99. The molecule has 0 aliphatic carbocycles. The van der Waals surface area contributed by atoms with Crippen molar-refractivity contribution in [1.29, 1.82) is 0 Å². The Morgan fingerprint density at radius 2 is 1.79 bits per heavy atom. The van der Waals surface area contributed by atoms with Gasteiger partial charge in [0.1, 0.15) is 0 Å². The number of anilines is 1. The second kappa shape index (κ2) is 6.83. The number of nitrogens with zero attached hydrogens (tertiary/aromatic N) is 1. The maximum Gasteiger partial charge on any atom is 0.255 e. The summed E-state index contributed by atoms with van der Waals surface area (Å²) >= 11 is 0. The van der Waals surface area contributed by atoms with Crippen LogP contribution in [0.4, 0.5) is 5.69 Å². The van der Waals surface area contributed by atoms with Gasteiger partial charge in [-0.25, -0.2) is 0 Å². The summed E-state index contributed by atoms with van der Waals surface area (Å²) in [5.41, 5.74) is 4.41. The van der Waals surface area contributed by atoms with Crippen molar-refractivity contribution < 1.29 is 4.79 Å². The highest BCUT2D eigenvalue weighted by atomic mass is 16.1. The smallest absolute Gasteiger partial charge is 0.255 e. The summed E-state index contributed by atoms with van der Waals surface area (Å²) in [6, 6.07) is 17.6. The van der Waals surface area contributed by atoms with Crippen molar-refractivity contribution in [1.82, 2.24) is 4.98 Å². The molecular weight excluding hydrogens is 296 g/mol. The summed E-state index contributed by atoms with van der Waals surface area (Å²) in [6.07, 6.45) is 1.02. The molecule has 1 amide bonds. The van der Waals surface area contributed by atoms with Gasteiger partial charge in [-0.2, -0.15) is 0 Å². The number of aryl methyl sites for hydroxylation is 1. The lowest BCUT2D eigenvalue weighted by Crippen LogP contribution is -2.12. The average molecular weight is 318 g/mol. The molecule has 3 aromatic rings. The van der Waals surface area contributed by atoms with Crippen LogP contribution in [-0.4, -0.2) is 10.9 Å². The van der Waals surface area contributed by atoms with Gasteiger partial charge in [0.05, 0.1) is 11.2 Å². The van der Waals surface area contributed by atoms with Gasteiger partial charge in [0.15, 0.2) is 0 Å². The van der Waals surface area contributed by atoms with Gasteiger partial charge in [-0.3, -0.25) is 9.78 Å². The number of benzene rings is 2. The molecule has 0 fully saturated rings. The van der Waals surface area contributed by atoms with E-state index in [4.69, 9.17) is 0 Å². The van der Waals surface area contributed by atoms with E-state index in [-0.39, 0.29) is 5.91 Å². The van der Waals surface area contributed by atoms with Crippen molar-refractivity contribution in [3.63, 3.8) is 0 Å². The molecule has 1 heterocycles. The number of carbonyl (C=O) groups is 1. The Hall–Kier alpha value is -2.68. The molecule has 0 atom stereocenters. The average Bonchev–Trinajstić information content (AvgIpc) is 2.55. The van der Waals surface area contributed by atoms with E-state index in [1.165, 1.54) is 5.56 Å². The summed E-state index contributed by atoms with van der Waals surface area (Å²) in [6.45, 7) is 6.33. The first-order valence-electron chi connectivity index (χ1n) is 8.29. The van der Waals surface area contributed by atoms with Gasteiger partial charge in [0.2, 0.25) is 0 Å². The van der Waals surface area contributed by atoms with Crippen LogP contribution in [0, 0.1) is 12.8 Å². The van der Waals surface area contributed by atoms with Crippen molar-refractivity contribution >= 4 is 22.5 Å². The highest BCUT2D eigenvalue weighted by Crippen LogP contribution is 2.22. The van der Waals surface area contributed by atoms with Gasteiger partial charge in [-0.05, 0) is 49.1 Å². The largest absolute Gasteiger partial charge is 0.320 e. The SMILES string of the molecule is Cc1ccc2cccc(NC(=O)c3ccc(CC(C)C)cc3)c2n1. The fourth-order valence-corrected chi connectivity index (χ4v) is 2.80. The second-order valence-electron chi connectivity index (χ2n) is 6.58. The number of pyridine rings is 1. The molecule has 3 rings (SSSR count). The Bertz CT molecular complexity index is 867. The summed E-state index contributed by atoms with van der Waals surface area (Å²) in [7, 11) is 0. The maximum atomic E-state index is 12.5. The van der Waals surface area contributed by atoms with Crippen molar-refractivity contribution in [2.45, 2.75) is 27.2 Å². The third kappa shape index (κ3) is 3.62. The third-order valence-corrected chi connectivity index (χ3v) is 3.97. The Kier molecular flexibility index (Phi) is 4.61. The van der Waals surface area contributed by atoms with Gasteiger partial charge in [0.25, 0.3) is 5.91 Å². The molecule has 0 aliphatic rings. The van der Waals surface area contributed by atoms with Gasteiger partial charge in [-0.1, -0.05) is 44.2 Å².